The van der Waals surface area contributed by atoms with E-state index in [1.165, 1.54) is 12.1 Å². The van der Waals surface area contributed by atoms with Crippen LogP contribution in [0, 0.1) is 0 Å². The molecule has 0 saturated heterocycles. The Labute approximate surface area is 292 Å². The second-order valence-electron chi connectivity index (χ2n) is 11.9. The van der Waals surface area contributed by atoms with E-state index in [0.717, 1.165) is 52.0 Å². The number of carbonyl (C=O) groups excluding carboxylic acids is 2. The van der Waals surface area contributed by atoms with Gasteiger partial charge in [0.2, 0.25) is 11.8 Å². The van der Waals surface area contributed by atoms with E-state index < -0.39 is 28.5 Å². The first-order valence-corrected chi connectivity index (χ1v) is 18.7. The van der Waals surface area contributed by atoms with Crippen molar-refractivity contribution >= 4 is 43.5 Å². The van der Waals surface area contributed by atoms with Crippen molar-refractivity contribution < 1.29 is 22.7 Å². The molecule has 0 radical (unpaired) electrons. The molecule has 1 N–H and O–H groups in total. The molecule has 8 nitrogen and oxygen atoms in total. The summed E-state index contributed by atoms with van der Waals surface area (Å²) >= 11 is 3.38. The van der Waals surface area contributed by atoms with Gasteiger partial charge in [-0.05, 0) is 79.4 Å². The number of nitrogens with one attached hydrogen (secondary N) is 1. The van der Waals surface area contributed by atoms with Crippen LogP contribution in [0.1, 0.15) is 50.2 Å². The Balaban J connectivity index is 1.55. The third-order valence-electron chi connectivity index (χ3n) is 8.53. The molecule has 4 aromatic rings. The monoisotopic (exact) mass is 731 g/mol. The Morgan fingerprint density at radius 1 is 0.833 bits per heavy atom. The van der Waals surface area contributed by atoms with Gasteiger partial charge in [-0.25, -0.2) is 8.42 Å². The minimum Gasteiger partial charge on any atom is -0.494 e. The summed E-state index contributed by atoms with van der Waals surface area (Å²) in [5, 5.41) is 3.24. The zero-order valence-corrected chi connectivity index (χ0v) is 29.5. The van der Waals surface area contributed by atoms with Crippen molar-refractivity contribution in [2.75, 3.05) is 17.5 Å². The van der Waals surface area contributed by atoms with E-state index in [1.54, 1.807) is 41.3 Å². The van der Waals surface area contributed by atoms with Crippen LogP contribution in [0.3, 0.4) is 0 Å². The fourth-order valence-corrected chi connectivity index (χ4v) is 7.69. The summed E-state index contributed by atoms with van der Waals surface area (Å²) in [7, 11) is -4.20. The lowest BCUT2D eigenvalue weighted by Gasteiger charge is -2.35. The molecular formula is C38H42BrN3O5S. The van der Waals surface area contributed by atoms with Gasteiger partial charge in [-0.2, -0.15) is 0 Å². The van der Waals surface area contributed by atoms with E-state index in [2.05, 4.69) is 21.2 Å². The molecular weight excluding hydrogens is 690 g/mol. The number of sulfonamides is 1. The van der Waals surface area contributed by atoms with Crippen molar-refractivity contribution in [2.24, 2.45) is 0 Å². The Bertz CT molecular complexity index is 1730. The highest BCUT2D eigenvalue weighted by Crippen LogP contribution is 2.28. The number of anilines is 1. The Hall–Kier alpha value is -4.15. The highest BCUT2D eigenvalue weighted by Gasteiger charge is 2.35. The van der Waals surface area contributed by atoms with Crippen LogP contribution >= 0.6 is 15.9 Å². The normalized spacial score (nSPS) is 14.1. The summed E-state index contributed by atoms with van der Waals surface area (Å²) in [4.78, 5) is 30.5. The highest BCUT2D eigenvalue weighted by molar-refractivity contribution is 9.10. The van der Waals surface area contributed by atoms with Crippen molar-refractivity contribution in [3.8, 4) is 5.75 Å². The molecule has 1 saturated carbocycles. The number of hydrogen-bond donors (Lipinski definition) is 1. The van der Waals surface area contributed by atoms with Crippen LogP contribution < -0.4 is 14.4 Å². The maximum Gasteiger partial charge on any atom is 0.264 e. The fraction of sp³-hybridized carbons (Fsp3) is 0.316. The van der Waals surface area contributed by atoms with Gasteiger partial charge >= 0.3 is 0 Å². The van der Waals surface area contributed by atoms with E-state index >= 15 is 0 Å². The molecule has 0 heterocycles. The number of rotatable bonds is 14. The van der Waals surface area contributed by atoms with Gasteiger partial charge < -0.3 is 15.0 Å². The summed E-state index contributed by atoms with van der Waals surface area (Å²) < 4.78 is 36.0. The zero-order chi connectivity index (χ0) is 33.9. The first-order chi connectivity index (χ1) is 23.2. The molecule has 0 spiro atoms. The van der Waals surface area contributed by atoms with E-state index in [-0.39, 0.29) is 29.8 Å². The summed E-state index contributed by atoms with van der Waals surface area (Å²) in [6, 6.07) is 31.2. The molecule has 252 valence electrons. The van der Waals surface area contributed by atoms with Crippen LogP contribution in [0.15, 0.2) is 119 Å². The smallest absolute Gasteiger partial charge is 0.264 e. The average Bonchev–Trinajstić information content (AvgIpc) is 3.10. The van der Waals surface area contributed by atoms with Crippen LogP contribution in [-0.2, 0) is 32.6 Å². The molecule has 2 amide bonds. The minimum atomic E-state index is -4.20. The van der Waals surface area contributed by atoms with E-state index in [9.17, 15) is 18.0 Å². The number of hydrogen-bond acceptors (Lipinski definition) is 5. The summed E-state index contributed by atoms with van der Waals surface area (Å²) in [5.41, 5.74) is 2.04. The summed E-state index contributed by atoms with van der Waals surface area (Å²) in [6.07, 6.45) is 5.31. The molecule has 4 aromatic carbocycles. The Kier molecular flexibility index (Phi) is 12.3. The van der Waals surface area contributed by atoms with E-state index in [4.69, 9.17) is 4.74 Å². The number of halogens is 1. The minimum absolute atomic E-state index is 0.0383. The first-order valence-electron chi connectivity index (χ1n) is 16.4. The lowest BCUT2D eigenvalue weighted by atomic mass is 9.94. The Morgan fingerprint density at radius 2 is 1.44 bits per heavy atom. The van der Waals surface area contributed by atoms with Crippen LogP contribution in [-0.4, -0.2) is 50.4 Å². The van der Waals surface area contributed by atoms with Gasteiger partial charge in [-0.3, -0.25) is 13.9 Å². The van der Waals surface area contributed by atoms with Crippen LogP contribution in [0.4, 0.5) is 5.69 Å². The van der Waals surface area contributed by atoms with Gasteiger partial charge in [0.05, 0.1) is 17.2 Å². The van der Waals surface area contributed by atoms with E-state index in [0.29, 0.717) is 18.0 Å². The number of amides is 2. The number of carbonyl (C=O) groups is 2. The molecule has 0 aliphatic heterocycles. The molecule has 5 rings (SSSR count). The molecule has 1 aliphatic rings. The maximum absolute atomic E-state index is 14.7. The van der Waals surface area contributed by atoms with Crippen LogP contribution in [0.25, 0.3) is 0 Å². The fourth-order valence-electron chi connectivity index (χ4n) is 6.02. The van der Waals surface area contributed by atoms with Crippen molar-refractivity contribution in [2.45, 2.75) is 69.0 Å². The van der Waals surface area contributed by atoms with Crippen molar-refractivity contribution in [1.29, 1.82) is 0 Å². The Morgan fingerprint density at radius 3 is 2.04 bits per heavy atom. The number of nitrogens with zero attached hydrogens (tertiary/aromatic N) is 2. The second kappa shape index (κ2) is 16.8. The van der Waals surface area contributed by atoms with Gasteiger partial charge in [0.1, 0.15) is 18.3 Å². The summed E-state index contributed by atoms with van der Waals surface area (Å²) in [5.74, 6) is -0.145. The SMILES string of the molecule is CCOc1ccc(N(CC(=O)N(Cc2ccccc2)C(Cc2ccccc2)C(=O)NC2CCCCC2)S(=O)(=O)c2ccc(Br)cc2)cc1. The van der Waals surface area contributed by atoms with Crippen LogP contribution in [0.5, 0.6) is 5.75 Å². The predicted octanol–water partition coefficient (Wildman–Crippen LogP) is 7.13. The summed E-state index contributed by atoms with van der Waals surface area (Å²) in [6.45, 7) is 1.94. The largest absolute Gasteiger partial charge is 0.494 e. The molecule has 0 aromatic heterocycles. The molecule has 1 atom stereocenters. The van der Waals surface area contributed by atoms with Crippen molar-refractivity contribution in [1.82, 2.24) is 10.2 Å². The molecule has 48 heavy (non-hydrogen) atoms. The third kappa shape index (κ3) is 9.26. The van der Waals surface area contributed by atoms with Crippen LogP contribution in [0.2, 0.25) is 0 Å². The molecule has 1 aliphatic carbocycles. The highest BCUT2D eigenvalue weighted by atomic mass is 79.9. The second-order valence-corrected chi connectivity index (χ2v) is 14.7. The lowest BCUT2D eigenvalue weighted by Crippen LogP contribution is -2.55. The molecule has 1 unspecified atom stereocenters. The van der Waals surface area contributed by atoms with Gasteiger partial charge in [0.25, 0.3) is 10.0 Å². The van der Waals surface area contributed by atoms with Gasteiger partial charge in [-0.1, -0.05) is 95.9 Å². The molecule has 10 heteroatoms. The quantitative estimate of drug-likeness (QED) is 0.149. The molecule has 0 bridgehead atoms. The number of ether oxygens (including phenoxy) is 1. The zero-order valence-electron chi connectivity index (χ0n) is 27.1. The maximum atomic E-state index is 14.7. The van der Waals surface area contributed by atoms with E-state index in [1.807, 2.05) is 67.6 Å². The average molecular weight is 733 g/mol. The first kappa shape index (κ1) is 35.2. The number of benzene rings is 4. The predicted molar refractivity (Wildman–Crippen MR) is 192 cm³/mol. The standard InChI is InChI=1S/C38H42BrN3O5S/c1-2-47-34-22-20-33(21-23-34)42(48(45,46)35-24-18-31(39)19-25-35)28-37(43)41(27-30-14-8-4-9-15-30)36(26-29-12-6-3-7-13-29)38(44)40-32-16-10-5-11-17-32/h3-4,6-9,12-15,18-25,32,36H,2,5,10-11,16-17,26-28H2,1H3,(H,40,44). The lowest BCUT2D eigenvalue weighted by molar-refractivity contribution is -0.140. The topological polar surface area (TPSA) is 96.0 Å². The third-order valence-corrected chi connectivity index (χ3v) is 10.9. The van der Waals surface area contributed by atoms with Crippen molar-refractivity contribution in [3.63, 3.8) is 0 Å². The van der Waals surface area contributed by atoms with Gasteiger partial charge in [0, 0.05) is 23.5 Å². The van der Waals surface area contributed by atoms with Gasteiger partial charge in [0.15, 0.2) is 0 Å². The molecule has 1 fully saturated rings. The van der Waals surface area contributed by atoms with Gasteiger partial charge in [-0.15, -0.1) is 0 Å². The van der Waals surface area contributed by atoms with Crippen molar-refractivity contribution in [3.05, 3.63) is 125 Å².